The second-order valence-electron chi connectivity index (χ2n) is 2.48. The molecule has 1 N–H and O–H groups in total. The molecule has 0 unspecified atom stereocenters. The molecule has 1 rings (SSSR count). The Balaban J connectivity index is 2.93. The highest BCUT2D eigenvalue weighted by atomic mass is 35.5. The van der Waals surface area contributed by atoms with Crippen molar-refractivity contribution < 1.29 is 14.0 Å². The summed E-state index contributed by atoms with van der Waals surface area (Å²) in [4.78, 5) is 10.7. The van der Waals surface area contributed by atoms with Gasteiger partial charge < -0.3 is 0 Å². The van der Waals surface area contributed by atoms with Crippen LogP contribution in [-0.4, -0.2) is 11.2 Å². The van der Waals surface area contributed by atoms with Crippen LogP contribution in [0.4, 0.5) is 5.88 Å². The number of aromatic nitrogens is 2. The van der Waals surface area contributed by atoms with Crippen LogP contribution in [-0.2, 0) is 17.2 Å². The summed E-state index contributed by atoms with van der Waals surface area (Å²) in [6.45, 7) is 3.97. The minimum absolute atomic E-state index is 0.203. The number of nitrogens with zero attached hydrogens (tertiary/aromatic N) is 2. The van der Waals surface area contributed by atoms with Crippen LogP contribution in [0, 0.1) is 0 Å². The van der Waals surface area contributed by atoms with Crippen LogP contribution >= 0.6 is 11.6 Å². The molecule has 1 amide bonds. The Morgan fingerprint density at radius 1 is 1.77 bits per heavy atom. The lowest BCUT2D eigenvalue weighted by atomic mass is 10.4. The number of amides is 1. The van der Waals surface area contributed by atoms with Gasteiger partial charge in [0, 0.05) is 6.92 Å². The predicted molar refractivity (Wildman–Crippen MR) is 46.2 cm³/mol. The molecule has 0 aliphatic rings. The molecule has 5 nitrogen and oxygen atoms in total. The number of carbonyl (C=O) groups is 1. The van der Waals surface area contributed by atoms with Gasteiger partial charge in [0.2, 0.25) is 11.2 Å². The Hall–Kier alpha value is -1.10. The van der Waals surface area contributed by atoms with Crippen molar-refractivity contribution in [3.63, 3.8) is 0 Å². The molecule has 72 valence electrons. The van der Waals surface area contributed by atoms with Crippen molar-refractivity contribution in [1.82, 2.24) is 5.27 Å². The molecule has 0 radical (unpaired) electrons. The van der Waals surface area contributed by atoms with Gasteiger partial charge in [-0.15, -0.1) is 11.6 Å². The highest BCUT2D eigenvalue weighted by Crippen LogP contribution is 2.11. The average Bonchev–Trinajstić information content (AvgIpc) is 2.45. The molecule has 13 heavy (non-hydrogen) atoms. The summed E-state index contributed by atoms with van der Waals surface area (Å²) < 4.78 is 6.48. The van der Waals surface area contributed by atoms with E-state index in [1.165, 1.54) is 6.92 Å². The summed E-state index contributed by atoms with van der Waals surface area (Å²) in [5.74, 6) is 0.377. The smallest absolute Gasteiger partial charge is 0.289 e. The monoisotopic (exact) mass is 204 g/mol. The van der Waals surface area contributed by atoms with Crippen molar-refractivity contribution >= 4 is 23.4 Å². The van der Waals surface area contributed by atoms with Crippen molar-refractivity contribution in [2.24, 2.45) is 0 Å². The zero-order chi connectivity index (χ0) is 9.84. The Bertz CT molecular complexity index is 311. The highest BCUT2D eigenvalue weighted by Gasteiger charge is 2.22. The molecule has 1 aromatic heterocycles. The predicted octanol–water partition coefficient (Wildman–Crippen LogP) is 0.679. The first-order chi connectivity index (χ1) is 6.19. The zero-order valence-corrected chi connectivity index (χ0v) is 8.26. The van der Waals surface area contributed by atoms with Crippen LogP contribution in [0.15, 0.2) is 4.52 Å². The van der Waals surface area contributed by atoms with Gasteiger partial charge in [0.25, 0.3) is 5.69 Å². The molecule has 0 aromatic carbocycles. The van der Waals surface area contributed by atoms with Gasteiger partial charge in [-0.05, 0) is 11.6 Å². The summed E-state index contributed by atoms with van der Waals surface area (Å²) in [6.07, 6.45) is 0. The van der Waals surface area contributed by atoms with Crippen LogP contribution in [0.2, 0.25) is 0 Å². The Morgan fingerprint density at radius 2 is 2.46 bits per heavy atom. The van der Waals surface area contributed by atoms with Gasteiger partial charge in [0.15, 0.2) is 6.54 Å². The van der Waals surface area contributed by atoms with E-state index in [9.17, 15) is 4.79 Å². The summed E-state index contributed by atoms with van der Waals surface area (Å²) in [5, 5.41) is 6.21. The first-order valence-corrected chi connectivity index (χ1v) is 4.44. The number of halogens is 1. The lowest BCUT2D eigenvalue weighted by Gasteiger charge is -1.92. The van der Waals surface area contributed by atoms with Crippen LogP contribution in [0.5, 0.6) is 0 Å². The van der Waals surface area contributed by atoms with Crippen molar-refractivity contribution in [1.29, 1.82) is 0 Å². The molecular weight excluding hydrogens is 194 g/mol. The zero-order valence-electron chi connectivity index (χ0n) is 7.50. The van der Waals surface area contributed by atoms with Crippen LogP contribution in [0.1, 0.15) is 19.5 Å². The summed E-state index contributed by atoms with van der Waals surface area (Å²) in [7, 11) is 0. The lowest BCUT2D eigenvalue weighted by molar-refractivity contribution is -0.764. The number of alkyl halides is 1. The quantitative estimate of drug-likeness (QED) is 0.582. The van der Waals surface area contributed by atoms with E-state index in [0.717, 1.165) is 0 Å². The Kier molecular flexibility index (Phi) is 3.25. The van der Waals surface area contributed by atoms with Gasteiger partial charge in [-0.2, -0.15) is 0 Å². The van der Waals surface area contributed by atoms with Crippen molar-refractivity contribution in [3.8, 4) is 0 Å². The first kappa shape index (κ1) is 9.98. The number of anilines is 1. The number of aryl methyl sites for hydroxylation is 1. The molecule has 0 atom stereocenters. The Labute approximate surface area is 80.6 Å². The molecule has 0 fully saturated rings. The summed E-state index contributed by atoms with van der Waals surface area (Å²) in [6, 6.07) is 0. The minimum atomic E-state index is -0.203. The molecule has 1 heterocycles. The third-order valence-corrected chi connectivity index (χ3v) is 1.77. The van der Waals surface area contributed by atoms with Gasteiger partial charge in [0.1, 0.15) is 5.88 Å². The van der Waals surface area contributed by atoms with Crippen LogP contribution in [0.25, 0.3) is 0 Å². The fourth-order valence-electron chi connectivity index (χ4n) is 0.942. The fourth-order valence-corrected chi connectivity index (χ4v) is 1.20. The number of rotatable bonds is 3. The number of carbonyl (C=O) groups excluding carboxylic acids is 1. The number of nitrogens with one attached hydrogen (secondary N) is 1. The first-order valence-electron chi connectivity index (χ1n) is 3.91. The topological polar surface area (TPSA) is 59.0 Å². The highest BCUT2D eigenvalue weighted by molar-refractivity contribution is 6.17. The summed E-state index contributed by atoms with van der Waals surface area (Å²) in [5.41, 5.74) is 0.680. The molecule has 0 bridgehead atoms. The lowest BCUT2D eigenvalue weighted by Crippen LogP contribution is -2.37. The average molecular weight is 205 g/mol. The number of hydrogen-bond donors (Lipinski definition) is 1. The molecule has 0 saturated heterocycles. The summed E-state index contributed by atoms with van der Waals surface area (Å²) >= 11 is 5.67. The maximum Gasteiger partial charge on any atom is 0.306 e. The third-order valence-electron chi connectivity index (χ3n) is 1.52. The standard InChI is InChI=1S/C7H10ClN3O2/c1-3-11-6(4-8)7(13-10-11)9-5(2)12/h3-4H2,1-2H3/p+1. The maximum absolute atomic E-state index is 10.7. The fraction of sp³-hybridized carbons (Fsp3) is 0.571. The van der Waals surface area contributed by atoms with Gasteiger partial charge in [-0.3, -0.25) is 14.6 Å². The molecular formula is C7H11ClN3O2+. The second kappa shape index (κ2) is 4.23. The third kappa shape index (κ3) is 2.18. The molecule has 0 saturated carbocycles. The Morgan fingerprint density at radius 3 is 2.92 bits per heavy atom. The van der Waals surface area contributed by atoms with E-state index in [1.54, 1.807) is 4.68 Å². The minimum Gasteiger partial charge on any atom is -0.289 e. The van der Waals surface area contributed by atoms with E-state index in [0.29, 0.717) is 18.1 Å². The van der Waals surface area contributed by atoms with Gasteiger partial charge in [0.05, 0.1) is 0 Å². The van der Waals surface area contributed by atoms with Crippen molar-refractivity contribution in [3.05, 3.63) is 5.69 Å². The number of hydrogen-bond acceptors (Lipinski definition) is 3. The maximum atomic E-state index is 10.7. The van der Waals surface area contributed by atoms with E-state index in [2.05, 4.69) is 10.6 Å². The van der Waals surface area contributed by atoms with Crippen LogP contribution in [0.3, 0.4) is 0 Å². The van der Waals surface area contributed by atoms with Crippen LogP contribution < -0.4 is 10.00 Å². The molecule has 6 heteroatoms. The van der Waals surface area contributed by atoms with E-state index in [4.69, 9.17) is 16.1 Å². The molecule has 0 aliphatic heterocycles. The molecule has 0 aliphatic carbocycles. The van der Waals surface area contributed by atoms with E-state index in [-0.39, 0.29) is 11.8 Å². The van der Waals surface area contributed by atoms with Crippen molar-refractivity contribution in [2.75, 3.05) is 5.32 Å². The molecule has 1 aromatic rings. The largest absolute Gasteiger partial charge is 0.306 e. The SMILES string of the molecule is CC[n+]1noc(NC(C)=O)c1CCl. The second-order valence-corrected chi connectivity index (χ2v) is 2.75. The van der Waals surface area contributed by atoms with Gasteiger partial charge >= 0.3 is 5.88 Å². The van der Waals surface area contributed by atoms with Gasteiger partial charge in [-0.25, -0.2) is 0 Å². The normalized spacial score (nSPS) is 10.1. The molecule has 0 spiro atoms. The van der Waals surface area contributed by atoms with Gasteiger partial charge in [-0.1, -0.05) is 0 Å². The van der Waals surface area contributed by atoms with E-state index >= 15 is 0 Å². The van der Waals surface area contributed by atoms with E-state index < -0.39 is 0 Å². The van der Waals surface area contributed by atoms with Crippen molar-refractivity contribution in [2.45, 2.75) is 26.3 Å². The van der Waals surface area contributed by atoms with E-state index in [1.807, 2.05) is 6.92 Å².